The lowest BCUT2D eigenvalue weighted by molar-refractivity contribution is 0.601. The highest BCUT2D eigenvalue weighted by atomic mass is 35.5. The second-order valence-corrected chi connectivity index (χ2v) is 7.40. The third-order valence-corrected chi connectivity index (χ3v) is 6.08. The average Bonchev–Trinajstić information content (AvgIpc) is 2.85. The van der Waals surface area contributed by atoms with Crippen molar-refractivity contribution in [2.45, 2.75) is 17.9 Å². The Hall–Kier alpha value is -1.08. The molecule has 0 spiro atoms. The summed E-state index contributed by atoms with van der Waals surface area (Å²) in [6.45, 7) is 1.73. The van der Waals surface area contributed by atoms with E-state index in [1.807, 2.05) is 12.1 Å². The average molecular weight is 329 g/mol. The predicted octanol–water partition coefficient (Wildman–Crippen LogP) is 2.85. The quantitative estimate of drug-likeness (QED) is 0.911. The zero-order valence-corrected chi connectivity index (χ0v) is 12.9. The molecule has 0 saturated carbocycles. The van der Waals surface area contributed by atoms with Crippen LogP contribution in [0.5, 0.6) is 0 Å². The van der Waals surface area contributed by atoms with Gasteiger partial charge in [-0.1, -0.05) is 17.7 Å². The second kappa shape index (κ2) is 5.37. The van der Waals surface area contributed by atoms with Crippen LogP contribution in [0.4, 0.5) is 5.69 Å². The molecular formula is C13H13ClN2O2S2. The van der Waals surface area contributed by atoms with E-state index in [2.05, 4.69) is 10.0 Å². The van der Waals surface area contributed by atoms with Gasteiger partial charge in [-0.3, -0.25) is 4.72 Å². The molecule has 2 aromatic rings. The van der Waals surface area contributed by atoms with Crippen molar-refractivity contribution in [1.82, 2.24) is 5.32 Å². The van der Waals surface area contributed by atoms with E-state index >= 15 is 0 Å². The number of fused-ring (bicyclic) bond motifs is 1. The minimum Gasteiger partial charge on any atom is -0.312 e. The molecule has 0 bridgehead atoms. The fourth-order valence-corrected chi connectivity index (χ4v) is 4.97. The van der Waals surface area contributed by atoms with Crippen LogP contribution < -0.4 is 10.0 Å². The standard InChI is InChI=1S/C13H13ClN2O2S2/c14-12-7-19-8-13(12)20(17,18)16-11-2-1-9-3-4-15-6-10(9)5-11/h1-2,5,7-8,15-16H,3-4,6H2. The maximum Gasteiger partial charge on any atom is 0.264 e. The molecule has 0 unspecified atom stereocenters. The lowest BCUT2D eigenvalue weighted by atomic mass is 10.0. The van der Waals surface area contributed by atoms with E-state index in [-0.39, 0.29) is 9.92 Å². The van der Waals surface area contributed by atoms with E-state index in [1.165, 1.54) is 22.3 Å². The maximum absolute atomic E-state index is 12.2. The van der Waals surface area contributed by atoms with Gasteiger partial charge in [-0.15, -0.1) is 11.3 Å². The van der Waals surface area contributed by atoms with Crippen molar-refractivity contribution in [3.05, 3.63) is 45.1 Å². The number of sulfonamides is 1. The van der Waals surface area contributed by atoms with Gasteiger partial charge in [0.2, 0.25) is 0 Å². The molecule has 1 aromatic carbocycles. The van der Waals surface area contributed by atoms with Gasteiger partial charge in [0.25, 0.3) is 10.0 Å². The van der Waals surface area contributed by atoms with Gasteiger partial charge in [-0.05, 0) is 36.2 Å². The minimum absolute atomic E-state index is 0.125. The van der Waals surface area contributed by atoms with Crippen LogP contribution in [-0.2, 0) is 23.0 Å². The smallest absolute Gasteiger partial charge is 0.264 e. The van der Waals surface area contributed by atoms with Crippen LogP contribution in [0.3, 0.4) is 0 Å². The summed E-state index contributed by atoms with van der Waals surface area (Å²) in [4.78, 5) is 0.125. The van der Waals surface area contributed by atoms with Gasteiger partial charge in [-0.2, -0.15) is 0 Å². The molecule has 2 heterocycles. The van der Waals surface area contributed by atoms with E-state index in [1.54, 1.807) is 11.4 Å². The summed E-state index contributed by atoms with van der Waals surface area (Å²) in [5, 5.41) is 6.66. The summed E-state index contributed by atoms with van der Waals surface area (Å²) in [5.74, 6) is 0. The summed E-state index contributed by atoms with van der Waals surface area (Å²) >= 11 is 7.15. The van der Waals surface area contributed by atoms with E-state index < -0.39 is 10.0 Å². The summed E-state index contributed by atoms with van der Waals surface area (Å²) in [7, 11) is -3.62. The Kier molecular flexibility index (Phi) is 3.72. The topological polar surface area (TPSA) is 58.2 Å². The number of halogens is 1. The summed E-state index contributed by atoms with van der Waals surface area (Å²) in [6.07, 6.45) is 0.971. The van der Waals surface area contributed by atoms with Crippen LogP contribution in [0, 0.1) is 0 Å². The Bertz CT molecular complexity index is 741. The summed E-state index contributed by atoms with van der Waals surface area (Å²) < 4.78 is 27.1. The largest absolute Gasteiger partial charge is 0.312 e. The zero-order chi connectivity index (χ0) is 14.2. The molecule has 3 rings (SSSR count). The fraction of sp³-hybridized carbons (Fsp3) is 0.231. The predicted molar refractivity (Wildman–Crippen MR) is 82.0 cm³/mol. The van der Waals surface area contributed by atoms with Crippen LogP contribution in [0.25, 0.3) is 0 Å². The number of hydrogen-bond donors (Lipinski definition) is 2. The SMILES string of the molecule is O=S(=O)(Nc1ccc2c(c1)CNCC2)c1cscc1Cl. The monoisotopic (exact) mass is 328 g/mol. The number of thiophene rings is 1. The van der Waals surface area contributed by atoms with Gasteiger partial charge in [0.15, 0.2) is 0 Å². The first-order valence-corrected chi connectivity index (χ1v) is 8.94. The highest BCUT2D eigenvalue weighted by Gasteiger charge is 2.19. The Balaban J connectivity index is 1.90. The van der Waals surface area contributed by atoms with Crippen molar-refractivity contribution < 1.29 is 8.42 Å². The number of anilines is 1. The first-order valence-electron chi connectivity index (χ1n) is 6.13. The van der Waals surface area contributed by atoms with Crippen molar-refractivity contribution >= 4 is 38.6 Å². The van der Waals surface area contributed by atoms with Crippen LogP contribution in [0.2, 0.25) is 5.02 Å². The van der Waals surface area contributed by atoms with Crippen molar-refractivity contribution in [3.63, 3.8) is 0 Å². The molecule has 1 aliphatic heterocycles. The van der Waals surface area contributed by atoms with Gasteiger partial charge in [0.1, 0.15) is 4.90 Å². The van der Waals surface area contributed by atoms with E-state index in [9.17, 15) is 8.42 Å². The molecule has 0 fully saturated rings. The molecule has 7 heteroatoms. The molecule has 1 aliphatic rings. The maximum atomic E-state index is 12.2. The number of benzene rings is 1. The molecule has 2 N–H and O–H groups in total. The highest BCUT2D eigenvalue weighted by molar-refractivity contribution is 7.93. The Morgan fingerprint density at radius 1 is 1.25 bits per heavy atom. The van der Waals surface area contributed by atoms with Crippen LogP contribution in [-0.4, -0.2) is 15.0 Å². The molecule has 1 aromatic heterocycles. The third-order valence-electron chi connectivity index (χ3n) is 3.22. The van der Waals surface area contributed by atoms with Crippen LogP contribution >= 0.6 is 22.9 Å². The van der Waals surface area contributed by atoms with Gasteiger partial charge in [0, 0.05) is 23.0 Å². The van der Waals surface area contributed by atoms with Crippen LogP contribution in [0.15, 0.2) is 33.9 Å². The Morgan fingerprint density at radius 2 is 2.10 bits per heavy atom. The first-order chi connectivity index (χ1) is 9.56. The summed E-state index contributed by atoms with van der Waals surface area (Å²) in [6, 6.07) is 5.64. The normalized spacial score (nSPS) is 14.8. The van der Waals surface area contributed by atoms with Crippen molar-refractivity contribution in [1.29, 1.82) is 0 Å². The number of rotatable bonds is 3. The lowest BCUT2D eigenvalue weighted by Gasteiger charge is -2.18. The van der Waals surface area contributed by atoms with Gasteiger partial charge in [0.05, 0.1) is 5.02 Å². The number of hydrogen-bond acceptors (Lipinski definition) is 4. The molecule has 0 atom stereocenters. The zero-order valence-electron chi connectivity index (χ0n) is 10.5. The fourth-order valence-electron chi connectivity index (χ4n) is 2.22. The molecule has 4 nitrogen and oxygen atoms in total. The second-order valence-electron chi connectivity index (χ2n) is 4.60. The summed E-state index contributed by atoms with van der Waals surface area (Å²) in [5.41, 5.74) is 2.96. The molecule has 0 amide bonds. The molecule has 0 saturated heterocycles. The Morgan fingerprint density at radius 3 is 2.85 bits per heavy atom. The third kappa shape index (κ3) is 2.69. The molecular weight excluding hydrogens is 316 g/mol. The molecule has 20 heavy (non-hydrogen) atoms. The molecule has 0 aliphatic carbocycles. The van der Waals surface area contributed by atoms with Gasteiger partial charge >= 0.3 is 0 Å². The minimum atomic E-state index is -3.62. The molecule has 0 radical (unpaired) electrons. The van der Waals surface area contributed by atoms with Gasteiger partial charge in [-0.25, -0.2) is 8.42 Å². The van der Waals surface area contributed by atoms with Gasteiger partial charge < -0.3 is 5.32 Å². The van der Waals surface area contributed by atoms with Crippen molar-refractivity contribution in [3.8, 4) is 0 Å². The highest BCUT2D eigenvalue weighted by Crippen LogP contribution is 2.28. The number of nitrogens with one attached hydrogen (secondary N) is 2. The first kappa shape index (κ1) is 13.9. The van der Waals surface area contributed by atoms with E-state index in [4.69, 9.17) is 11.6 Å². The van der Waals surface area contributed by atoms with Crippen molar-refractivity contribution in [2.24, 2.45) is 0 Å². The van der Waals surface area contributed by atoms with Crippen molar-refractivity contribution in [2.75, 3.05) is 11.3 Å². The molecule has 106 valence electrons. The van der Waals surface area contributed by atoms with E-state index in [0.29, 0.717) is 5.69 Å². The Labute approximate surface area is 126 Å². The van der Waals surface area contributed by atoms with Crippen LogP contribution in [0.1, 0.15) is 11.1 Å². The lowest BCUT2D eigenvalue weighted by Crippen LogP contribution is -2.23. The van der Waals surface area contributed by atoms with E-state index in [0.717, 1.165) is 25.1 Å².